The van der Waals surface area contributed by atoms with Gasteiger partial charge < -0.3 is 10.6 Å². The molecule has 0 bridgehead atoms. The maximum absolute atomic E-state index is 4.41. The van der Waals surface area contributed by atoms with Crippen molar-refractivity contribution in [3.8, 4) is 0 Å². The van der Waals surface area contributed by atoms with Crippen LogP contribution in [0.4, 0.5) is 0 Å². The third kappa shape index (κ3) is 2.73. The predicted molar refractivity (Wildman–Crippen MR) is 76.0 cm³/mol. The molecule has 3 rings (SSSR count). The zero-order chi connectivity index (χ0) is 12.9. The molecule has 0 saturated carbocycles. The van der Waals surface area contributed by atoms with E-state index in [4.69, 9.17) is 0 Å². The Balaban J connectivity index is 1.91. The fourth-order valence-corrected chi connectivity index (χ4v) is 2.19. The van der Waals surface area contributed by atoms with Crippen molar-refractivity contribution < 1.29 is 0 Å². The first-order valence-corrected chi connectivity index (χ1v) is 6.43. The van der Waals surface area contributed by atoms with Crippen LogP contribution in [0.2, 0.25) is 0 Å². The molecule has 2 heterocycles. The molecule has 0 radical (unpaired) electrons. The lowest BCUT2D eigenvalue weighted by Crippen LogP contribution is -2.37. The van der Waals surface area contributed by atoms with Crippen LogP contribution < -0.4 is 10.6 Å². The highest BCUT2D eigenvalue weighted by Gasteiger charge is 2.16. The van der Waals surface area contributed by atoms with Crippen molar-refractivity contribution in [3.63, 3.8) is 0 Å². The van der Waals surface area contributed by atoms with Crippen molar-refractivity contribution in [1.82, 2.24) is 15.6 Å². The highest BCUT2D eigenvalue weighted by Crippen LogP contribution is 2.21. The molecule has 0 saturated heterocycles. The summed E-state index contributed by atoms with van der Waals surface area (Å²) in [5, 5.41) is 6.71. The van der Waals surface area contributed by atoms with Gasteiger partial charge in [-0.2, -0.15) is 0 Å². The summed E-state index contributed by atoms with van der Waals surface area (Å²) in [6, 6.07) is 14.5. The van der Waals surface area contributed by atoms with Crippen LogP contribution in [-0.4, -0.2) is 24.0 Å². The van der Waals surface area contributed by atoms with Gasteiger partial charge in [-0.3, -0.25) is 9.98 Å². The van der Waals surface area contributed by atoms with Gasteiger partial charge in [0, 0.05) is 18.9 Å². The van der Waals surface area contributed by atoms with Gasteiger partial charge in [-0.05, 0) is 23.3 Å². The Morgan fingerprint density at radius 2 is 1.74 bits per heavy atom. The first-order chi connectivity index (χ1) is 9.43. The van der Waals surface area contributed by atoms with Crippen molar-refractivity contribution in [2.75, 3.05) is 13.1 Å². The summed E-state index contributed by atoms with van der Waals surface area (Å²) in [7, 11) is 0. The summed E-state index contributed by atoms with van der Waals surface area (Å²) in [5.74, 6) is 0.866. The summed E-state index contributed by atoms with van der Waals surface area (Å²) in [4.78, 5) is 8.48. The van der Waals surface area contributed by atoms with Gasteiger partial charge in [0.25, 0.3) is 0 Å². The van der Waals surface area contributed by atoms with E-state index in [1.165, 1.54) is 11.1 Å². The normalized spacial score (nSPS) is 15.5. The number of benzene rings is 1. The van der Waals surface area contributed by atoms with Crippen molar-refractivity contribution in [1.29, 1.82) is 0 Å². The van der Waals surface area contributed by atoms with Gasteiger partial charge in [0.2, 0.25) is 0 Å². The number of hydrogen-bond acceptors (Lipinski definition) is 4. The number of nitrogens with one attached hydrogen (secondary N) is 2. The van der Waals surface area contributed by atoms with Crippen molar-refractivity contribution in [3.05, 3.63) is 66.0 Å². The molecular weight excluding hydrogens is 236 g/mol. The Morgan fingerprint density at radius 3 is 2.42 bits per heavy atom. The van der Waals surface area contributed by atoms with E-state index in [0.717, 1.165) is 19.0 Å². The molecule has 1 atom stereocenters. The van der Waals surface area contributed by atoms with E-state index in [0.29, 0.717) is 0 Å². The van der Waals surface area contributed by atoms with E-state index < -0.39 is 0 Å². The quantitative estimate of drug-likeness (QED) is 0.874. The summed E-state index contributed by atoms with van der Waals surface area (Å²) >= 11 is 0. The molecule has 1 unspecified atom stereocenters. The lowest BCUT2D eigenvalue weighted by Gasteiger charge is -2.20. The molecule has 2 N–H and O–H groups in total. The molecule has 96 valence electrons. The Kier molecular flexibility index (Phi) is 3.40. The molecule has 0 aliphatic carbocycles. The number of hydrogen-bond donors (Lipinski definition) is 2. The molecule has 0 fully saturated rings. The maximum atomic E-state index is 4.41. The van der Waals surface area contributed by atoms with E-state index in [1.54, 1.807) is 0 Å². The molecule has 1 aromatic heterocycles. The van der Waals surface area contributed by atoms with Crippen molar-refractivity contribution >= 4 is 5.96 Å². The number of rotatable bonds is 3. The molecule has 1 aliphatic heterocycles. The minimum Gasteiger partial charge on any atom is -0.355 e. The Labute approximate surface area is 112 Å². The second-order valence-electron chi connectivity index (χ2n) is 4.43. The van der Waals surface area contributed by atoms with Crippen LogP contribution in [0.1, 0.15) is 17.2 Å². The third-order valence-electron chi connectivity index (χ3n) is 3.13. The van der Waals surface area contributed by atoms with Crippen LogP contribution in [-0.2, 0) is 0 Å². The molecule has 4 heteroatoms. The summed E-state index contributed by atoms with van der Waals surface area (Å²) in [5.41, 5.74) is 2.39. The fraction of sp³-hybridized carbons (Fsp3) is 0.200. The second kappa shape index (κ2) is 5.52. The van der Waals surface area contributed by atoms with Crippen molar-refractivity contribution in [2.24, 2.45) is 4.99 Å². The zero-order valence-electron chi connectivity index (χ0n) is 10.6. The standard InChI is InChI=1S/C15H16N4/c1-2-4-12(5-3-1)14(13-6-8-16-9-7-13)19-15-17-10-11-18-15/h1-9,14H,10-11H2,(H2,17,18,19). The van der Waals surface area contributed by atoms with E-state index in [1.807, 2.05) is 30.6 Å². The SMILES string of the molecule is c1ccc(C(NC2=NCCN2)c2ccncc2)cc1. The average Bonchev–Trinajstić information content (AvgIpc) is 3.00. The van der Waals surface area contributed by atoms with Gasteiger partial charge in [-0.1, -0.05) is 30.3 Å². The maximum Gasteiger partial charge on any atom is 0.192 e. The van der Waals surface area contributed by atoms with Crippen LogP contribution in [0.25, 0.3) is 0 Å². The number of nitrogens with zero attached hydrogens (tertiary/aromatic N) is 2. The molecule has 1 aromatic carbocycles. The lowest BCUT2D eigenvalue weighted by molar-refractivity contribution is 0.742. The van der Waals surface area contributed by atoms with Gasteiger partial charge in [-0.15, -0.1) is 0 Å². The molecule has 2 aromatic rings. The minimum atomic E-state index is 0.0912. The highest BCUT2D eigenvalue weighted by atomic mass is 15.2. The van der Waals surface area contributed by atoms with Gasteiger partial charge in [0.15, 0.2) is 5.96 Å². The van der Waals surface area contributed by atoms with Crippen LogP contribution in [0.5, 0.6) is 0 Å². The highest BCUT2D eigenvalue weighted by molar-refractivity contribution is 5.82. The average molecular weight is 252 g/mol. The van der Waals surface area contributed by atoms with Crippen LogP contribution in [0.15, 0.2) is 59.9 Å². The minimum absolute atomic E-state index is 0.0912. The number of pyridine rings is 1. The zero-order valence-corrected chi connectivity index (χ0v) is 10.6. The van der Waals surface area contributed by atoms with Crippen LogP contribution in [0, 0.1) is 0 Å². The van der Waals surface area contributed by atoms with E-state index in [2.05, 4.69) is 44.9 Å². The van der Waals surface area contributed by atoms with Gasteiger partial charge in [0.05, 0.1) is 12.6 Å². The second-order valence-corrected chi connectivity index (χ2v) is 4.43. The third-order valence-corrected chi connectivity index (χ3v) is 3.13. The number of guanidine groups is 1. The van der Waals surface area contributed by atoms with E-state index in [9.17, 15) is 0 Å². The Bertz CT molecular complexity index is 511. The Morgan fingerprint density at radius 1 is 1.00 bits per heavy atom. The predicted octanol–water partition coefficient (Wildman–Crippen LogP) is 1.72. The van der Waals surface area contributed by atoms with Crippen LogP contribution >= 0.6 is 0 Å². The first-order valence-electron chi connectivity index (χ1n) is 6.43. The lowest BCUT2D eigenvalue weighted by atomic mass is 10.00. The Hall–Kier alpha value is -2.36. The van der Waals surface area contributed by atoms with E-state index >= 15 is 0 Å². The monoisotopic (exact) mass is 252 g/mol. The van der Waals surface area contributed by atoms with Gasteiger partial charge in [0.1, 0.15) is 0 Å². The largest absolute Gasteiger partial charge is 0.355 e. The number of aromatic nitrogens is 1. The molecular formula is C15H16N4. The van der Waals surface area contributed by atoms with Crippen molar-refractivity contribution in [2.45, 2.75) is 6.04 Å². The molecule has 4 nitrogen and oxygen atoms in total. The summed E-state index contributed by atoms with van der Waals surface area (Å²) < 4.78 is 0. The first kappa shape index (κ1) is 11.7. The summed E-state index contributed by atoms with van der Waals surface area (Å²) in [6.45, 7) is 1.74. The number of aliphatic imine (C=N–C) groups is 1. The van der Waals surface area contributed by atoms with Crippen LogP contribution in [0.3, 0.4) is 0 Å². The van der Waals surface area contributed by atoms with Gasteiger partial charge in [-0.25, -0.2) is 0 Å². The molecule has 0 spiro atoms. The summed E-state index contributed by atoms with van der Waals surface area (Å²) in [6.07, 6.45) is 3.63. The smallest absolute Gasteiger partial charge is 0.192 e. The molecule has 0 amide bonds. The van der Waals surface area contributed by atoms with E-state index in [-0.39, 0.29) is 6.04 Å². The van der Waals surface area contributed by atoms with Gasteiger partial charge >= 0.3 is 0 Å². The molecule has 1 aliphatic rings. The fourth-order valence-electron chi connectivity index (χ4n) is 2.19. The topological polar surface area (TPSA) is 49.3 Å². The molecule has 19 heavy (non-hydrogen) atoms.